The molecule has 0 aliphatic rings. The van der Waals surface area contributed by atoms with Gasteiger partial charge in [-0.1, -0.05) is 0 Å². The van der Waals surface area contributed by atoms with Gasteiger partial charge in [0.25, 0.3) is 0 Å². The second-order valence-electron chi connectivity index (χ2n) is 4.96. The standard InChI is InChI=1S/C15H19NO4/c1-8-5-13(10(3)19-8)9(2)16-7-12-6-14(15(17)18)11(4)20-12/h5-6,9,16H,7H2,1-4H3,(H,17,18). The molecule has 0 amide bonds. The molecule has 2 aromatic rings. The van der Waals surface area contributed by atoms with Gasteiger partial charge in [-0.25, -0.2) is 4.79 Å². The summed E-state index contributed by atoms with van der Waals surface area (Å²) in [7, 11) is 0. The summed E-state index contributed by atoms with van der Waals surface area (Å²) < 4.78 is 10.9. The van der Waals surface area contributed by atoms with Crippen molar-refractivity contribution in [2.24, 2.45) is 0 Å². The van der Waals surface area contributed by atoms with Crippen molar-refractivity contribution in [1.29, 1.82) is 0 Å². The largest absolute Gasteiger partial charge is 0.478 e. The van der Waals surface area contributed by atoms with E-state index in [4.69, 9.17) is 13.9 Å². The first-order valence-electron chi connectivity index (χ1n) is 6.51. The maximum atomic E-state index is 10.9. The van der Waals surface area contributed by atoms with E-state index in [1.54, 1.807) is 13.0 Å². The summed E-state index contributed by atoms with van der Waals surface area (Å²) in [5.41, 5.74) is 1.31. The molecular formula is C15H19NO4. The molecule has 0 aromatic carbocycles. The van der Waals surface area contributed by atoms with Crippen LogP contribution in [0.1, 0.15) is 51.9 Å². The lowest BCUT2D eigenvalue weighted by molar-refractivity contribution is 0.0695. The van der Waals surface area contributed by atoms with Gasteiger partial charge in [0, 0.05) is 11.6 Å². The van der Waals surface area contributed by atoms with Gasteiger partial charge in [0.2, 0.25) is 0 Å². The average Bonchev–Trinajstić information content (AvgIpc) is 2.89. The number of aryl methyl sites for hydroxylation is 3. The summed E-state index contributed by atoms with van der Waals surface area (Å²) in [6.45, 7) is 8.00. The predicted molar refractivity (Wildman–Crippen MR) is 73.8 cm³/mol. The van der Waals surface area contributed by atoms with E-state index in [1.807, 2.05) is 26.8 Å². The Morgan fingerprint density at radius 3 is 2.45 bits per heavy atom. The van der Waals surface area contributed by atoms with Crippen molar-refractivity contribution in [2.45, 2.75) is 40.3 Å². The van der Waals surface area contributed by atoms with Crippen LogP contribution in [0.15, 0.2) is 21.0 Å². The second kappa shape index (κ2) is 5.54. The van der Waals surface area contributed by atoms with Gasteiger partial charge in [-0.15, -0.1) is 0 Å². The molecule has 1 atom stereocenters. The maximum absolute atomic E-state index is 10.9. The first-order chi connectivity index (χ1) is 9.38. The third-order valence-corrected chi connectivity index (χ3v) is 3.33. The van der Waals surface area contributed by atoms with Crippen LogP contribution in [0, 0.1) is 20.8 Å². The maximum Gasteiger partial charge on any atom is 0.339 e. The molecule has 5 heteroatoms. The van der Waals surface area contributed by atoms with Crippen molar-refractivity contribution >= 4 is 5.97 Å². The first kappa shape index (κ1) is 14.4. The van der Waals surface area contributed by atoms with E-state index in [2.05, 4.69) is 5.32 Å². The van der Waals surface area contributed by atoms with Crippen molar-refractivity contribution in [1.82, 2.24) is 5.32 Å². The molecule has 108 valence electrons. The zero-order valence-corrected chi connectivity index (χ0v) is 12.1. The van der Waals surface area contributed by atoms with Crippen LogP contribution in [0.25, 0.3) is 0 Å². The van der Waals surface area contributed by atoms with Gasteiger partial charge in [0.05, 0.1) is 6.54 Å². The van der Waals surface area contributed by atoms with Gasteiger partial charge in [0.15, 0.2) is 0 Å². The number of carbonyl (C=O) groups is 1. The molecule has 0 spiro atoms. The van der Waals surface area contributed by atoms with Crippen molar-refractivity contribution in [3.63, 3.8) is 0 Å². The van der Waals surface area contributed by atoms with Crippen LogP contribution in [0.5, 0.6) is 0 Å². The monoisotopic (exact) mass is 277 g/mol. The predicted octanol–water partition coefficient (Wildman–Crippen LogP) is 3.35. The van der Waals surface area contributed by atoms with Crippen LogP contribution in [-0.2, 0) is 6.54 Å². The van der Waals surface area contributed by atoms with E-state index in [0.717, 1.165) is 17.1 Å². The first-order valence-corrected chi connectivity index (χ1v) is 6.51. The number of aromatic carboxylic acids is 1. The number of furan rings is 2. The topological polar surface area (TPSA) is 75.6 Å². The smallest absolute Gasteiger partial charge is 0.339 e. The number of nitrogens with one attached hydrogen (secondary N) is 1. The molecule has 2 aromatic heterocycles. The van der Waals surface area contributed by atoms with Crippen LogP contribution in [0.3, 0.4) is 0 Å². The summed E-state index contributed by atoms with van der Waals surface area (Å²) in [5, 5.41) is 12.3. The van der Waals surface area contributed by atoms with Gasteiger partial charge in [-0.05, 0) is 39.8 Å². The Hall–Kier alpha value is -2.01. The minimum Gasteiger partial charge on any atom is -0.478 e. The molecule has 0 aliphatic carbocycles. The lowest BCUT2D eigenvalue weighted by Crippen LogP contribution is -2.17. The molecule has 0 radical (unpaired) electrons. The van der Waals surface area contributed by atoms with E-state index >= 15 is 0 Å². The minimum absolute atomic E-state index is 0.103. The van der Waals surface area contributed by atoms with Crippen LogP contribution in [-0.4, -0.2) is 11.1 Å². The normalized spacial score (nSPS) is 12.6. The van der Waals surface area contributed by atoms with E-state index in [1.165, 1.54) is 0 Å². The lowest BCUT2D eigenvalue weighted by Gasteiger charge is -2.11. The summed E-state index contributed by atoms with van der Waals surface area (Å²) in [6, 6.07) is 3.67. The molecule has 20 heavy (non-hydrogen) atoms. The molecule has 5 nitrogen and oxygen atoms in total. The quantitative estimate of drug-likeness (QED) is 0.876. The van der Waals surface area contributed by atoms with Crippen LogP contribution >= 0.6 is 0 Å². The lowest BCUT2D eigenvalue weighted by atomic mass is 10.1. The molecule has 0 saturated carbocycles. The summed E-state index contributed by atoms with van der Waals surface area (Å²) >= 11 is 0. The zero-order valence-electron chi connectivity index (χ0n) is 12.1. The number of rotatable bonds is 5. The number of carboxylic acid groups (broad SMARTS) is 1. The fraction of sp³-hybridized carbons (Fsp3) is 0.400. The fourth-order valence-corrected chi connectivity index (χ4v) is 2.29. The third-order valence-electron chi connectivity index (χ3n) is 3.33. The van der Waals surface area contributed by atoms with Gasteiger partial charge in [-0.3, -0.25) is 0 Å². The molecule has 2 heterocycles. The SMILES string of the molecule is Cc1cc(C(C)NCc2cc(C(=O)O)c(C)o2)c(C)o1. The van der Waals surface area contributed by atoms with Crippen LogP contribution in [0.2, 0.25) is 0 Å². The van der Waals surface area contributed by atoms with Gasteiger partial charge >= 0.3 is 5.97 Å². The zero-order chi connectivity index (χ0) is 14.9. The van der Waals surface area contributed by atoms with E-state index in [0.29, 0.717) is 18.1 Å². The van der Waals surface area contributed by atoms with Crippen LogP contribution in [0.4, 0.5) is 0 Å². The molecular weight excluding hydrogens is 258 g/mol. The van der Waals surface area contributed by atoms with E-state index in [-0.39, 0.29) is 11.6 Å². The van der Waals surface area contributed by atoms with Gasteiger partial charge < -0.3 is 19.3 Å². The Morgan fingerprint density at radius 1 is 1.25 bits per heavy atom. The molecule has 1 unspecified atom stereocenters. The number of hydrogen-bond acceptors (Lipinski definition) is 4. The van der Waals surface area contributed by atoms with E-state index in [9.17, 15) is 4.79 Å². The van der Waals surface area contributed by atoms with E-state index < -0.39 is 5.97 Å². The minimum atomic E-state index is -0.966. The van der Waals surface area contributed by atoms with Crippen molar-refractivity contribution in [3.05, 3.63) is 46.3 Å². The molecule has 0 bridgehead atoms. The fourth-order valence-electron chi connectivity index (χ4n) is 2.29. The summed E-state index contributed by atoms with van der Waals surface area (Å²) in [5.74, 6) is 1.85. The third kappa shape index (κ3) is 2.93. The number of hydrogen-bond donors (Lipinski definition) is 2. The highest BCUT2D eigenvalue weighted by atomic mass is 16.4. The van der Waals surface area contributed by atoms with Gasteiger partial charge in [0.1, 0.15) is 28.6 Å². The Morgan fingerprint density at radius 2 is 1.95 bits per heavy atom. The Bertz CT molecular complexity index is 624. The molecule has 2 rings (SSSR count). The number of carboxylic acids is 1. The molecule has 0 saturated heterocycles. The summed E-state index contributed by atoms with van der Waals surface area (Å²) in [6.07, 6.45) is 0. The van der Waals surface area contributed by atoms with Crippen molar-refractivity contribution in [3.8, 4) is 0 Å². The van der Waals surface area contributed by atoms with Crippen molar-refractivity contribution in [2.75, 3.05) is 0 Å². The van der Waals surface area contributed by atoms with Crippen molar-refractivity contribution < 1.29 is 18.7 Å². The second-order valence-corrected chi connectivity index (χ2v) is 4.96. The Labute approximate surface area is 117 Å². The molecule has 0 aliphatic heterocycles. The van der Waals surface area contributed by atoms with Crippen LogP contribution < -0.4 is 5.32 Å². The van der Waals surface area contributed by atoms with Gasteiger partial charge in [-0.2, -0.15) is 0 Å². The highest BCUT2D eigenvalue weighted by Gasteiger charge is 2.16. The Kier molecular flexibility index (Phi) is 3.99. The Balaban J connectivity index is 2.03. The average molecular weight is 277 g/mol. The molecule has 2 N–H and O–H groups in total. The highest BCUT2D eigenvalue weighted by Crippen LogP contribution is 2.22. The summed E-state index contributed by atoms with van der Waals surface area (Å²) in [4.78, 5) is 10.9. The molecule has 0 fully saturated rings. The highest BCUT2D eigenvalue weighted by molar-refractivity contribution is 5.88.